The predicted molar refractivity (Wildman–Crippen MR) is 119 cm³/mol. The van der Waals surface area contributed by atoms with Gasteiger partial charge in [-0.3, -0.25) is 4.79 Å². The molecule has 1 heterocycles. The molecule has 7 heteroatoms. The highest BCUT2D eigenvalue weighted by molar-refractivity contribution is 5.70. The Bertz CT molecular complexity index is 517. The molecule has 0 bridgehead atoms. The Morgan fingerprint density at radius 3 is 2.07 bits per heavy atom. The van der Waals surface area contributed by atoms with Gasteiger partial charge in [0.25, 0.3) is 0 Å². The van der Waals surface area contributed by atoms with E-state index in [4.69, 9.17) is 14.2 Å². The van der Waals surface area contributed by atoms with Gasteiger partial charge >= 0.3 is 12.1 Å². The third kappa shape index (κ3) is 12.4. The number of amides is 1. The van der Waals surface area contributed by atoms with Crippen LogP contribution in [0.3, 0.4) is 0 Å². The average molecular weight is 429 g/mol. The van der Waals surface area contributed by atoms with E-state index in [1.165, 1.54) is 0 Å². The minimum atomic E-state index is -0.440. The fourth-order valence-electron chi connectivity index (χ4n) is 3.39. The lowest BCUT2D eigenvalue weighted by Crippen LogP contribution is -2.47. The SMILES string of the molecule is CN(CCCCCOCCC(=O)OC(C)(C)C)C1CCN(C(=O)OC(C)(C)C)CC1. The Morgan fingerprint density at radius 1 is 0.900 bits per heavy atom. The number of carbonyl (C=O) groups excluding carboxylic acids is 2. The predicted octanol–water partition coefficient (Wildman–Crippen LogP) is 4.24. The monoisotopic (exact) mass is 428 g/mol. The molecule has 0 aromatic rings. The second kappa shape index (κ2) is 12.5. The second-order valence-electron chi connectivity index (χ2n) is 10.2. The summed E-state index contributed by atoms with van der Waals surface area (Å²) in [5, 5.41) is 0. The number of rotatable bonds is 10. The van der Waals surface area contributed by atoms with Gasteiger partial charge in [0, 0.05) is 25.7 Å². The molecule has 30 heavy (non-hydrogen) atoms. The molecule has 0 aromatic carbocycles. The molecule has 176 valence electrons. The molecule has 7 nitrogen and oxygen atoms in total. The fourth-order valence-corrected chi connectivity index (χ4v) is 3.39. The molecule has 1 amide bonds. The van der Waals surface area contributed by atoms with Crippen LogP contribution in [-0.4, -0.2) is 79.0 Å². The Morgan fingerprint density at radius 2 is 1.50 bits per heavy atom. The number of nitrogens with zero attached hydrogens (tertiary/aromatic N) is 2. The summed E-state index contributed by atoms with van der Waals surface area (Å²) in [6.07, 6.45) is 5.32. The number of likely N-dealkylation sites (tertiary alicyclic amines) is 1. The van der Waals surface area contributed by atoms with E-state index in [-0.39, 0.29) is 12.1 Å². The van der Waals surface area contributed by atoms with E-state index in [2.05, 4.69) is 11.9 Å². The van der Waals surface area contributed by atoms with E-state index in [0.29, 0.717) is 25.7 Å². The van der Waals surface area contributed by atoms with Gasteiger partial charge in [-0.1, -0.05) is 0 Å². The first kappa shape index (κ1) is 26.7. The van der Waals surface area contributed by atoms with Gasteiger partial charge in [-0.05, 0) is 87.2 Å². The van der Waals surface area contributed by atoms with Crippen LogP contribution >= 0.6 is 0 Å². The molecule has 0 saturated carbocycles. The van der Waals surface area contributed by atoms with E-state index < -0.39 is 11.2 Å². The number of carbonyl (C=O) groups is 2. The highest BCUT2D eigenvalue weighted by Gasteiger charge is 2.28. The lowest BCUT2D eigenvalue weighted by atomic mass is 10.0. The van der Waals surface area contributed by atoms with Crippen molar-refractivity contribution < 1.29 is 23.8 Å². The van der Waals surface area contributed by atoms with E-state index in [1.54, 1.807) is 0 Å². The molecule has 0 aliphatic carbocycles. The number of unbranched alkanes of at least 4 members (excludes halogenated alkanes) is 2. The molecule has 0 spiro atoms. The molecule has 1 aliphatic heterocycles. The number of hydrogen-bond donors (Lipinski definition) is 0. The molecule has 0 radical (unpaired) electrons. The molecule has 1 rings (SSSR count). The van der Waals surface area contributed by atoms with Crippen LogP contribution in [0.15, 0.2) is 0 Å². The van der Waals surface area contributed by atoms with Crippen LogP contribution in [0.5, 0.6) is 0 Å². The van der Waals surface area contributed by atoms with E-state index in [0.717, 1.165) is 51.7 Å². The van der Waals surface area contributed by atoms with Crippen LogP contribution in [0.2, 0.25) is 0 Å². The number of ether oxygens (including phenoxy) is 3. The van der Waals surface area contributed by atoms with E-state index >= 15 is 0 Å². The maximum Gasteiger partial charge on any atom is 0.410 e. The highest BCUT2D eigenvalue weighted by atomic mass is 16.6. The Hall–Kier alpha value is -1.34. The molecule has 0 atom stereocenters. The average Bonchev–Trinajstić information content (AvgIpc) is 2.61. The van der Waals surface area contributed by atoms with Crippen molar-refractivity contribution in [3.05, 3.63) is 0 Å². The van der Waals surface area contributed by atoms with E-state index in [9.17, 15) is 9.59 Å². The summed E-state index contributed by atoms with van der Waals surface area (Å²) in [5.74, 6) is -0.207. The van der Waals surface area contributed by atoms with Crippen LogP contribution in [0.4, 0.5) is 4.79 Å². The Labute approximate surface area is 183 Å². The molecular formula is C23H44N2O5. The van der Waals surface area contributed by atoms with Gasteiger partial charge in [0.15, 0.2) is 0 Å². The third-order valence-corrected chi connectivity index (χ3v) is 4.91. The van der Waals surface area contributed by atoms with Gasteiger partial charge < -0.3 is 24.0 Å². The molecule has 0 unspecified atom stereocenters. The summed E-state index contributed by atoms with van der Waals surface area (Å²) >= 11 is 0. The first-order valence-corrected chi connectivity index (χ1v) is 11.3. The first-order valence-electron chi connectivity index (χ1n) is 11.3. The molecule has 0 aromatic heterocycles. The largest absolute Gasteiger partial charge is 0.460 e. The zero-order chi connectivity index (χ0) is 22.8. The Balaban J connectivity index is 2.06. The zero-order valence-corrected chi connectivity index (χ0v) is 20.3. The number of esters is 1. The van der Waals surface area contributed by atoms with Crippen LogP contribution in [-0.2, 0) is 19.0 Å². The summed E-state index contributed by atoms with van der Waals surface area (Å²) in [7, 11) is 2.17. The van der Waals surface area contributed by atoms with Crippen molar-refractivity contribution in [2.24, 2.45) is 0 Å². The van der Waals surface area contributed by atoms with Gasteiger partial charge in [-0.2, -0.15) is 0 Å². The molecule has 0 N–H and O–H groups in total. The van der Waals surface area contributed by atoms with Crippen molar-refractivity contribution in [2.75, 3.05) is 39.9 Å². The molecule has 1 fully saturated rings. The second-order valence-corrected chi connectivity index (χ2v) is 10.2. The Kier molecular flexibility index (Phi) is 11.1. The van der Waals surface area contributed by atoms with Crippen molar-refractivity contribution in [3.8, 4) is 0 Å². The number of hydrogen-bond acceptors (Lipinski definition) is 6. The molecule has 1 aliphatic rings. The lowest BCUT2D eigenvalue weighted by Gasteiger charge is -2.37. The molecule has 1 saturated heterocycles. The summed E-state index contributed by atoms with van der Waals surface area (Å²) in [6.45, 7) is 15.0. The normalized spacial score (nSPS) is 16.1. The van der Waals surface area contributed by atoms with Crippen LogP contribution in [0, 0.1) is 0 Å². The maximum absolute atomic E-state index is 12.2. The molecular weight excluding hydrogens is 384 g/mol. The summed E-state index contributed by atoms with van der Waals surface area (Å²) < 4.78 is 16.3. The maximum atomic E-state index is 12.2. The van der Waals surface area contributed by atoms with E-state index in [1.807, 2.05) is 46.4 Å². The zero-order valence-electron chi connectivity index (χ0n) is 20.3. The third-order valence-electron chi connectivity index (χ3n) is 4.91. The summed E-state index contributed by atoms with van der Waals surface area (Å²) in [4.78, 5) is 28.0. The van der Waals surface area contributed by atoms with Crippen LogP contribution in [0.1, 0.15) is 80.1 Å². The van der Waals surface area contributed by atoms with Crippen molar-refractivity contribution >= 4 is 12.1 Å². The minimum absolute atomic E-state index is 0.199. The highest BCUT2D eigenvalue weighted by Crippen LogP contribution is 2.19. The van der Waals surface area contributed by atoms with Gasteiger partial charge in [0.1, 0.15) is 11.2 Å². The topological polar surface area (TPSA) is 68.3 Å². The van der Waals surface area contributed by atoms with Crippen LogP contribution < -0.4 is 0 Å². The standard InChI is InChI=1S/C23H44N2O5/c1-22(2,3)29-20(26)13-18-28-17-10-8-9-14-24(7)19-11-15-25(16-12-19)21(27)30-23(4,5)6/h19H,8-18H2,1-7H3. The van der Waals surface area contributed by atoms with Crippen molar-refractivity contribution in [1.29, 1.82) is 0 Å². The summed E-state index contributed by atoms with van der Waals surface area (Å²) in [5.41, 5.74) is -0.875. The van der Waals surface area contributed by atoms with Crippen molar-refractivity contribution in [1.82, 2.24) is 9.80 Å². The first-order chi connectivity index (χ1) is 13.9. The van der Waals surface area contributed by atoms with Gasteiger partial charge in [0.05, 0.1) is 13.0 Å². The lowest BCUT2D eigenvalue weighted by molar-refractivity contribution is -0.156. The minimum Gasteiger partial charge on any atom is -0.460 e. The van der Waals surface area contributed by atoms with Gasteiger partial charge in [0.2, 0.25) is 0 Å². The summed E-state index contributed by atoms with van der Waals surface area (Å²) in [6, 6.07) is 0.522. The van der Waals surface area contributed by atoms with Gasteiger partial charge in [-0.25, -0.2) is 4.79 Å². The van der Waals surface area contributed by atoms with Crippen molar-refractivity contribution in [2.45, 2.75) is 97.3 Å². The van der Waals surface area contributed by atoms with Gasteiger partial charge in [-0.15, -0.1) is 0 Å². The van der Waals surface area contributed by atoms with Crippen molar-refractivity contribution in [3.63, 3.8) is 0 Å². The quantitative estimate of drug-likeness (QED) is 0.383. The number of piperidine rings is 1. The smallest absolute Gasteiger partial charge is 0.410 e. The van der Waals surface area contributed by atoms with Crippen LogP contribution in [0.25, 0.3) is 0 Å². The fraction of sp³-hybridized carbons (Fsp3) is 0.913.